The smallest absolute Gasteiger partial charge is 0.175 e. The fraction of sp³-hybridized carbons (Fsp3) is 0.133. The minimum atomic E-state index is -0.700. The summed E-state index contributed by atoms with van der Waals surface area (Å²) in [6.45, 7) is 1.62. The zero-order valence-corrected chi connectivity index (χ0v) is 11.4. The molecule has 2 aromatic carbocycles. The fourth-order valence-corrected chi connectivity index (χ4v) is 2.61. The zero-order valence-electron chi connectivity index (χ0n) is 10.6. The van der Waals surface area contributed by atoms with Gasteiger partial charge in [-0.1, -0.05) is 0 Å². The van der Waals surface area contributed by atoms with E-state index in [1.807, 2.05) is 0 Å². The summed E-state index contributed by atoms with van der Waals surface area (Å²) >= 11 is 1.00. The first-order valence-electron chi connectivity index (χ1n) is 5.89. The number of carbonyl (C=O) groups is 1. The van der Waals surface area contributed by atoms with Crippen molar-refractivity contribution < 1.29 is 18.0 Å². The van der Waals surface area contributed by atoms with E-state index >= 15 is 0 Å². The lowest BCUT2D eigenvalue weighted by molar-refractivity contribution is 0.0994. The van der Waals surface area contributed by atoms with Gasteiger partial charge in [-0.15, -0.1) is 11.8 Å². The molecule has 0 aliphatic heterocycles. The highest BCUT2D eigenvalue weighted by atomic mass is 32.2. The summed E-state index contributed by atoms with van der Waals surface area (Å²) in [5.74, 6) is -2.02. The Hall–Kier alpha value is -1.75. The first-order chi connectivity index (χ1) is 9.47. The van der Waals surface area contributed by atoms with Crippen LogP contribution in [0.15, 0.2) is 47.4 Å². The number of thioether (sulfide) groups is 1. The Morgan fingerprint density at radius 1 is 1.00 bits per heavy atom. The molecule has 2 rings (SSSR count). The van der Waals surface area contributed by atoms with Crippen molar-refractivity contribution in [1.82, 2.24) is 0 Å². The Morgan fingerprint density at radius 2 is 1.60 bits per heavy atom. The monoisotopic (exact) mass is 296 g/mol. The summed E-state index contributed by atoms with van der Waals surface area (Å²) in [6.07, 6.45) is 0. The van der Waals surface area contributed by atoms with Crippen LogP contribution in [0.1, 0.15) is 17.3 Å². The van der Waals surface area contributed by atoms with Gasteiger partial charge in [0.1, 0.15) is 17.5 Å². The number of ketones is 1. The summed E-state index contributed by atoms with van der Waals surface area (Å²) in [5.41, 5.74) is 0.355. The number of carbonyl (C=O) groups excluding carboxylic acids is 1. The lowest BCUT2D eigenvalue weighted by Crippen LogP contribution is -2.13. The highest BCUT2D eigenvalue weighted by Gasteiger charge is 2.18. The molecule has 0 bridgehead atoms. The zero-order chi connectivity index (χ0) is 14.7. The Bertz CT molecular complexity index is 626. The minimum absolute atomic E-state index is 0.203. The maximum atomic E-state index is 13.5. The second-order valence-corrected chi connectivity index (χ2v) is 5.59. The van der Waals surface area contributed by atoms with Gasteiger partial charge in [0.25, 0.3) is 0 Å². The molecule has 0 radical (unpaired) electrons. The number of halogens is 3. The van der Waals surface area contributed by atoms with Crippen LogP contribution in [-0.4, -0.2) is 11.0 Å². The van der Waals surface area contributed by atoms with E-state index in [0.717, 1.165) is 23.9 Å². The maximum absolute atomic E-state index is 13.5. The molecule has 1 nitrogen and oxygen atoms in total. The molecule has 0 spiro atoms. The van der Waals surface area contributed by atoms with E-state index in [1.165, 1.54) is 30.3 Å². The summed E-state index contributed by atoms with van der Waals surface area (Å²) < 4.78 is 39.1. The van der Waals surface area contributed by atoms with Gasteiger partial charge < -0.3 is 0 Å². The van der Waals surface area contributed by atoms with E-state index in [4.69, 9.17) is 0 Å². The molecule has 1 atom stereocenters. The Morgan fingerprint density at radius 3 is 2.20 bits per heavy atom. The van der Waals surface area contributed by atoms with E-state index in [9.17, 15) is 18.0 Å². The van der Waals surface area contributed by atoms with Crippen molar-refractivity contribution in [3.05, 3.63) is 65.5 Å². The number of hydrogen-bond acceptors (Lipinski definition) is 2. The van der Waals surface area contributed by atoms with Crippen LogP contribution in [-0.2, 0) is 0 Å². The third kappa shape index (κ3) is 3.42. The van der Waals surface area contributed by atoms with Crippen LogP contribution >= 0.6 is 11.8 Å². The van der Waals surface area contributed by atoms with Crippen LogP contribution < -0.4 is 0 Å². The van der Waals surface area contributed by atoms with Crippen LogP contribution in [0.4, 0.5) is 13.2 Å². The van der Waals surface area contributed by atoms with Crippen molar-refractivity contribution in [2.24, 2.45) is 0 Å². The van der Waals surface area contributed by atoms with Crippen molar-refractivity contribution in [1.29, 1.82) is 0 Å². The predicted molar refractivity (Wildman–Crippen MR) is 72.4 cm³/mol. The number of Topliss-reactive ketones (excluding diaryl/α,β-unsaturated/α-hetero) is 1. The lowest BCUT2D eigenvalue weighted by atomic mass is 10.1. The quantitative estimate of drug-likeness (QED) is 0.612. The van der Waals surface area contributed by atoms with Gasteiger partial charge in [0.2, 0.25) is 0 Å². The van der Waals surface area contributed by atoms with Crippen LogP contribution in [0.3, 0.4) is 0 Å². The van der Waals surface area contributed by atoms with Gasteiger partial charge in [0, 0.05) is 16.5 Å². The average Bonchev–Trinajstić information content (AvgIpc) is 2.42. The van der Waals surface area contributed by atoms with Gasteiger partial charge in [0.15, 0.2) is 5.78 Å². The largest absolute Gasteiger partial charge is 0.293 e. The first kappa shape index (κ1) is 14.7. The van der Waals surface area contributed by atoms with Crippen LogP contribution in [0.25, 0.3) is 0 Å². The third-order valence-electron chi connectivity index (χ3n) is 2.70. The Kier molecular flexibility index (Phi) is 4.49. The third-order valence-corrected chi connectivity index (χ3v) is 3.85. The number of hydrogen-bond donors (Lipinski definition) is 0. The van der Waals surface area contributed by atoms with Gasteiger partial charge in [-0.2, -0.15) is 0 Å². The summed E-state index contributed by atoms with van der Waals surface area (Å²) in [4.78, 5) is 12.3. The molecule has 2 aromatic rings. The van der Waals surface area contributed by atoms with Crippen molar-refractivity contribution >= 4 is 17.5 Å². The topological polar surface area (TPSA) is 17.1 Å². The Balaban J connectivity index is 2.13. The van der Waals surface area contributed by atoms with Crippen molar-refractivity contribution in [3.63, 3.8) is 0 Å². The molecule has 5 heteroatoms. The van der Waals surface area contributed by atoms with E-state index in [-0.39, 0.29) is 10.7 Å². The van der Waals surface area contributed by atoms with Crippen LogP contribution in [0, 0.1) is 17.5 Å². The Labute approximate surface area is 118 Å². The molecule has 20 heavy (non-hydrogen) atoms. The maximum Gasteiger partial charge on any atom is 0.175 e. The van der Waals surface area contributed by atoms with Crippen molar-refractivity contribution in [2.45, 2.75) is 17.1 Å². The molecule has 0 aliphatic carbocycles. The highest BCUT2D eigenvalue weighted by molar-refractivity contribution is 8.00. The van der Waals surface area contributed by atoms with E-state index in [0.29, 0.717) is 5.56 Å². The van der Waals surface area contributed by atoms with Crippen LogP contribution in [0.2, 0.25) is 0 Å². The second-order valence-electron chi connectivity index (χ2n) is 4.21. The molecular weight excluding hydrogens is 285 g/mol. The predicted octanol–water partition coefficient (Wildman–Crippen LogP) is 4.47. The van der Waals surface area contributed by atoms with Crippen LogP contribution in [0.5, 0.6) is 0 Å². The molecule has 0 amide bonds. The summed E-state index contributed by atoms with van der Waals surface area (Å²) in [7, 11) is 0. The first-order valence-corrected chi connectivity index (χ1v) is 6.77. The number of benzene rings is 2. The molecule has 0 saturated carbocycles. The molecule has 0 heterocycles. The van der Waals surface area contributed by atoms with Crippen molar-refractivity contribution in [3.8, 4) is 0 Å². The van der Waals surface area contributed by atoms with Gasteiger partial charge in [-0.25, -0.2) is 13.2 Å². The minimum Gasteiger partial charge on any atom is -0.293 e. The van der Waals surface area contributed by atoms with Gasteiger partial charge in [-0.3, -0.25) is 4.79 Å². The van der Waals surface area contributed by atoms with E-state index in [1.54, 1.807) is 6.92 Å². The molecule has 0 aliphatic rings. The molecule has 0 aromatic heterocycles. The number of rotatable bonds is 4. The molecule has 0 N–H and O–H groups in total. The van der Waals surface area contributed by atoms with Crippen molar-refractivity contribution in [2.75, 3.05) is 0 Å². The van der Waals surface area contributed by atoms with E-state index < -0.39 is 22.7 Å². The van der Waals surface area contributed by atoms with Gasteiger partial charge in [0.05, 0.1) is 5.25 Å². The highest BCUT2D eigenvalue weighted by Crippen LogP contribution is 2.28. The second kappa shape index (κ2) is 6.13. The molecule has 104 valence electrons. The SMILES string of the molecule is CC(Sc1ccc(F)cc1F)C(=O)c1ccc(F)cc1. The standard InChI is InChI=1S/C15H11F3OS/c1-9(15(19)10-2-4-11(16)5-3-10)20-14-7-6-12(17)8-13(14)18/h2-9H,1H3. The lowest BCUT2D eigenvalue weighted by Gasteiger charge is -2.11. The van der Waals surface area contributed by atoms with Gasteiger partial charge in [-0.05, 0) is 43.3 Å². The molecule has 0 fully saturated rings. The molecule has 0 saturated heterocycles. The average molecular weight is 296 g/mol. The fourth-order valence-electron chi connectivity index (χ4n) is 1.66. The van der Waals surface area contributed by atoms with E-state index in [2.05, 4.69) is 0 Å². The van der Waals surface area contributed by atoms with Gasteiger partial charge >= 0.3 is 0 Å². The summed E-state index contributed by atoms with van der Waals surface area (Å²) in [6, 6.07) is 8.37. The molecular formula is C15H11F3OS. The summed E-state index contributed by atoms with van der Waals surface area (Å²) in [5, 5.41) is -0.555. The normalized spacial score (nSPS) is 12.2. The molecule has 1 unspecified atom stereocenters.